The molecule has 6 nitrogen and oxygen atoms in total. The fraction of sp³-hybridized carbons (Fsp3) is 0.462. The Hall–Kier alpha value is -1.79. The smallest absolute Gasteiger partial charge is 0.236 e. The van der Waals surface area contributed by atoms with E-state index in [9.17, 15) is 15.0 Å². The SMILES string of the molecule is CC(c1c(O)cccc1O)N1CCNCC1C(N)=O. The highest BCUT2D eigenvalue weighted by molar-refractivity contribution is 5.80. The molecule has 2 rings (SSSR count). The number of hydrogen-bond donors (Lipinski definition) is 4. The van der Waals surface area contributed by atoms with Crippen molar-refractivity contribution in [3.05, 3.63) is 23.8 Å². The quantitative estimate of drug-likeness (QED) is 0.612. The van der Waals surface area contributed by atoms with E-state index in [1.165, 1.54) is 12.1 Å². The van der Waals surface area contributed by atoms with Crippen molar-refractivity contribution in [3.8, 4) is 11.5 Å². The number of aromatic hydroxyl groups is 2. The van der Waals surface area contributed by atoms with Crippen LogP contribution >= 0.6 is 0 Å². The summed E-state index contributed by atoms with van der Waals surface area (Å²) in [5, 5.41) is 22.9. The van der Waals surface area contributed by atoms with Gasteiger partial charge in [-0.1, -0.05) is 6.07 Å². The summed E-state index contributed by atoms with van der Waals surface area (Å²) in [6.45, 7) is 3.69. The van der Waals surface area contributed by atoms with Gasteiger partial charge in [0.1, 0.15) is 17.5 Å². The van der Waals surface area contributed by atoms with Crippen molar-refractivity contribution in [1.29, 1.82) is 0 Å². The van der Waals surface area contributed by atoms with E-state index in [1.807, 2.05) is 11.8 Å². The standard InChI is InChI=1S/C13H19N3O3/c1-8(12-10(17)3-2-4-11(12)18)16-6-5-15-7-9(16)13(14)19/h2-4,8-9,15,17-18H,5-7H2,1H3,(H2,14,19). The van der Waals surface area contributed by atoms with E-state index in [2.05, 4.69) is 5.32 Å². The van der Waals surface area contributed by atoms with E-state index in [0.717, 1.165) is 6.54 Å². The molecule has 1 aliphatic rings. The second-order valence-electron chi connectivity index (χ2n) is 4.75. The lowest BCUT2D eigenvalue weighted by molar-refractivity contribution is -0.124. The van der Waals surface area contributed by atoms with Crippen molar-refractivity contribution in [1.82, 2.24) is 10.2 Å². The van der Waals surface area contributed by atoms with E-state index in [-0.39, 0.29) is 17.5 Å². The van der Waals surface area contributed by atoms with Gasteiger partial charge in [0.25, 0.3) is 0 Å². The normalized spacial score (nSPS) is 22.1. The Labute approximate surface area is 111 Å². The van der Waals surface area contributed by atoms with E-state index in [4.69, 9.17) is 5.73 Å². The molecule has 0 radical (unpaired) electrons. The molecule has 0 spiro atoms. The highest BCUT2D eigenvalue weighted by Gasteiger charge is 2.32. The van der Waals surface area contributed by atoms with Gasteiger partial charge >= 0.3 is 0 Å². The molecule has 1 fully saturated rings. The van der Waals surface area contributed by atoms with Crippen LogP contribution < -0.4 is 11.1 Å². The number of nitrogens with one attached hydrogen (secondary N) is 1. The lowest BCUT2D eigenvalue weighted by Gasteiger charge is -2.38. The summed E-state index contributed by atoms with van der Waals surface area (Å²) in [5.41, 5.74) is 5.83. The summed E-state index contributed by atoms with van der Waals surface area (Å²) in [6.07, 6.45) is 0. The number of nitrogens with zero attached hydrogens (tertiary/aromatic N) is 1. The van der Waals surface area contributed by atoms with Crippen LogP contribution in [0.1, 0.15) is 18.5 Å². The van der Waals surface area contributed by atoms with Crippen LogP contribution in [0.2, 0.25) is 0 Å². The van der Waals surface area contributed by atoms with Crippen molar-refractivity contribution in [2.24, 2.45) is 5.73 Å². The number of carbonyl (C=O) groups is 1. The van der Waals surface area contributed by atoms with Crippen LogP contribution in [0.5, 0.6) is 11.5 Å². The van der Waals surface area contributed by atoms with Crippen molar-refractivity contribution in [3.63, 3.8) is 0 Å². The number of phenolic OH excluding ortho intramolecular Hbond substituents is 2. The number of primary amides is 1. The van der Waals surface area contributed by atoms with Crippen molar-refractivity contribution in [2.75, 3.05) is 19.6 Å². The number of carbonyl (C=O) groups excluding carboxylic acids is 1. The second-order valence-corrected chi connectivity index (χ2v) is 4.75. The largest absolute Gasteiger partial charge is 0.507 e. The van der Waals surface area contributed by atoms with E-state index in [0.29, 0.717) is 18.7 Å². The Morgan fingerprint density at radius 2 is 2.11 bits per heavy atom. The molecule has 0 aromatic heterocycles. The van der Waals surface area contributed by atoms with Crippen molar-refractivity contribution in [2.45, 2.75) is 19.0 Å². The molecule has 0 aliphatic carbocycles. The molecule has 5 N–H and O–H groups in total. The third-order valence-electron chi connectivity index (χ3n) is 3.59. The van der Waals surface area contributed by atoms with E-state index < -0.39 is 11.9 Å². The minimum Gasteiger partial charge on any atom is -0.507 e. The van der Waals surface area contributed by atoms with E-state index in [1.54, 1.807) is 6.07 Å². The zero-order chi connectivity index (χ0) is 14.0. The average Bonchev–Trinajstić information content (AvgIpc) is 2.38. The number of hydrogen-bond acceptors (Lipinski definition) is 5. The van der Waals surface area contributed by atoms with Crippen LogP contribution in [0.3, 0.4) is 0 Å². The van der Waals surface area contributed by atoms with Gasteiger partial charge in [0, 0.05) is 25.7 Å². The Kier molecular flexibility index (Phi) is 3.92. The molecule has 1 saturated heterocycles. The molecule has 0 saturated carbocycles. The topological polar surface area (TPSA) is 98.8 Å². The fourth-order valence-electron chi connectivity index (χ4n) is 2.58. The number of nitrogens with two attached hydrogens (primary N) is 1. The van der Waals surface area contributed by atoms with Gasteiger partial charge < -0.3 is 21.3 Å². The summed E-state index contributed by atoms with van der Waals surface area (Å²) >= 11 is 0. The molecule has 6 heteroatoms. The Balaban J connectivity index is 2.31. The molecule has 19 heavy (non-hydrogen) atoms. The van der Waals surface area contributed by atoms with Gasteiger partial charge in [0.2, 0.25) is 5.91 Å². The Bertz CT molecular complexity index is 458. The minimum absolute atomic E-state index is 0.0225. The third-order valence-corrected chi connectivity index (χ3v) is 3.59. The lowest BCUT2D eigenvalue weighted by Crippen LogP contribution is -2.57. The Morgan fingerprint density at radius 3 is 2.68 bits per heavy atom. The molecule has 2 unspecified atom stereocenters. The molecule has 104 valence electrons. The molecule has 1 aromatic rings. The first-order chi connectivity index (χ1) is 9.02. The Morgan fingerprint density at radius 1 is 1.47 bits per heavy atom. The molecule has 1 amide bonds. The number of benzene rings is 1. The third kappa shape index (κ3) is 2.64. The highest BCUT2D eigenvalue weighted by Crippen LogP contribution is 2.36. The predicted octanol–water partition coefficient (Wildman–Crippen LogP) is -0.0821. The number of piperazine rings is 1. The van der Waals surface area contributed by atoms with Gasteiger partial charge in [0.15, 0.2) is 0 Å². The summed E-state index contributed by atoms with van der Waals surface area (Å²) in [6, 6.07) is 3.88. The minimum atomic E-state index is -0.442. The van der Waals surface area contributed by atoms with Gasteiger partial charge in [-0.2, -0.15) is 0 Å². The fourth-order valence-corrected chi connectivity index (χ4v) is 2.58. The average molecular weight is 265 g/mol. The van der Waals surface area contributed by atoms with Crippen molar-refractivity contribution >= 4 is 5.91 Å². The molecular formula is C13H19N3O3. The van der Waals surface area contributed by atoms with Gasteiger partial charge in [-0.25, -0.2) is 0 Å². The van der Waals surface area contributed by atoms with Gasteiger partial charge in [-0.15, -0.1) is 0 Å². The summed E-state index contributed by atoms with van der Waals surface area (Å²) in [5.74, 6) is -0.363. The molecule has 1 aliphatic heterocycles. The van der Waals surface area contributed by atoms with Crippen LogP contribution in [0.4, 0.5) is 0 Å². The number of amides is 1. The maximum atomic E-state index is 11.5. The summed E-state index contributed by atoms with van der Waals surface area (Å²) in [4.78, 5) is 13.4. The van der Waals surface area contributed by atoms with Gasteiger partial charge in [-0.05, 0) is 19.1 Å². The maximum Gasteiger partial charge on any atom is 0.236 e. The van der Waals surface area contributed by atoms with E-state index >= 15 is 0 Å². The van der Waals surface area contributed by atoms with Crippen LogP contribution in [-0.4, -0.2) is 46.7 Å². The second kappa shape index (κ2) is 5.46. The maximum absolute atomic E-state index is 11.5. The monoisotopic (exact) mass is 265 g/mol. The van der Waals surface area contributed by atoms with Crippen molar-refractivity contribution < 1.29 is 15.0 Å². The molecule has 1 heterocycles. The van der Waals surface area contributed by atoms with Gasteiger partial charge in [0.05, 0.1) is 5.56 Å². The summed E-state index contributed by atoms with van der Waals surface area (Å²) in [7, 11) is 0. The summed E-state index contributed by atoms with van der Waals surface area (Å²) < 4.78 is 0. The first kappa shape index (κ1) is 13.6. The molecular weight excluding hydrogens is 246 g/mol. The first-order valence-electron chi connectivity index (χ1n) is 6.29. The molecule has 2 atom stereocenters. The number of phenols is 2. The first-order valence-corrected chi connectivity index (χ1v) is 6.29. The van der Waals surface area contributed by atoms with Crippen LogP contribution in [0.15, 0.2) is 18.2 Å². The molecule has 0 bridgehead atoms. The van der Waals surface area contributed by atoms with Crippen LogP contribution in [0, 0.1) is 0 Å². The molecule has 1 aromatic carbocycles. The number of rotatable bonds is 3. The zero-order valence-electron chi connectivity index (χ0n) is 10.8. The predicted molar refractivity (Wildman–Crippen MR) is 70.7 cm³/mol. The van der Waals surface area contributed by atoms with Crippen LogP contribution in [-0.2, 0) is 4.79 Å². The van der Waals surface area contributed by atoms with Crippen LogP contribution in [0.25, 0.3) is 0 Å². The van der Waals surface area contributed by atoms with Gasteiger partial charge in [-0.3, -0.25) is 9.69 Å². The lowest BCUT2D eigenvalue weighted by atomic mass is 10.0. The zero-order valence-corrected chi connectivity index (χ0v) is 10.8. The highest BCUT2D eigenvalue weighted by atomic mass is 16.3.